The fourth-order valence-electron chi connectivity index (χ4n) is 2.15. The van der Waals surface area contributed by atoms with Crippen LogP contribution in [0.1, 0.15) is 0 Å². The number of anilines is 4. The number of nitrogens with zero attached hydrogens (tertiary/aromatic N) is 1. The molecule has 3 rings (SSSR count). The van der Waals surface area contributed by atoms with Gasteiger partial charge in [-0.1, -0.05) is 41.9 Å². The highest BCUT2D eigenvalue weighted by Crippen LogP contribution is 2.29. The van der Waals surface area contributed by atoms with E-state index in [1.165, 1.54) is 0 Å². The molecule has 0 unspecified atom stereocenters. The lowest BCUT2D eigenvalue weighted by atomic mass is 10.2. The van der Waals surface area contributed by atoms with Gasteiger partial charge in [-0.3, -0.25) is 10.4 Å². The van der Waals surface area contributed by atoms with Gasteiger partial charge in [0.25, 0.3) is 0 Å². The number of rotatable bonds is 4. The molecule has 22 heavy (non-hydrogen) atoms. The van der Waals surface area contributed by atoms with Gasteiger partial charge in [0, 0.05) is 5.69 Å². The first-order valence-corrected chi connectivity index (χ1v) is 7.34. The fraction of sp³-hybridized carbons (Fsp3) is 0. The molecular weight excluding hydrogens is 294 g/mol. The molecule has 3 aromatic rings. The summed E-state index contributed by atoms with van der Waals surface area (Å²) in [6.07, 6.45) is 0. The first-order valence-electron chi connectivity index (χ1n) is 6.96. The Labute approximate surface area is 134 Å². The quantitative estimate of drug-likeness (QED) is 0.521. The topological polar surface area (TPSA) is 41.3 Å². The number of para-hydroxylation sites is 2. The first kappa shape index (κ1) is 14.3. The van der Waals surface area contributed by atoms with Crippen LogP contribution < -0.4 is 16.2 Å². The highest BCUT2D eigenvalue weighted by Gasteiger charge is 2.10. The second-order valence-electron chi connectivity index (χ2n) is 4.85. The molecule has 0 saturated carbocycles. The van der Waals surface area contributed by atoms with E-state index >= 15 is 0 Å². The molecule has 110 valence electrons. The van der Waals surface area contributed by atoms with Crippen molar-refractivity contribution in [2.24, 2.45) is 0 Å². The van der Waals surface area contributed by atoms with Crippen LogP contribution >= 0.6 is 11.6 Å². The summed E-state index contributed by atoms with van der Waals surface area (Å²) >= 11 is 6.26. The Balaban J connectivity index is 2.00. The van der Waals surface area contributed by atoms with Gasteiger partial charge in [-0.25, -0.2) is 0 Å². The summed E-state index contributed by atoms with van der Waals surface area (Å²) in [5, 5.41) is 2.64. The predicted octanol–water partition coefficient (Wildman–Crippen LogP) is 5.09. The summed E-state index contributed by atoms with van der Waals surface area (Å²) in [6, 6.07) is 25.4. The molecule has 4 heteroatoms. The lowest BCUT2D eigenvalue weighted by Crippen LogP contribution is -2.24. The maximum atomic E-state index is 6.26. The number of hydrazine groups is 1. The summed E-state index contributed by atoms with van der Waals surface area (Å²) in [6.45, 7) is 0. The Hall–Kier alpha value is -2.65. The zero-order valence-electron chi connectivity index (χ0n) is 11.9. The minimum Gasteiger partial charge on any atom is -0.399 e. The Morgan fingerprint density at radius 2 is 1.32 bits per heavy atom. The average Bonchev–Trinajstić information content (AvgIpc) is 2.56. The average molecular weight is 310 g/mol. The molecule has 0 amide bonds. The second kappa shape index (κ2) is 6.41. The van der Waals surface area contributed by atoms with E-state index in [9.17, 15) is 0 Å². The zero-order chi connectivity index (χ0) is 15.4. The monoisotopic (exact) mass is 309 g/mol. The number of hydrogen-bond acceptors (Lipinski definition) is 3. The summed E-state index contributed by atoms with van der Waals surface area (Å²) in [5.74, 6) is 0. The lowest BCUT2D eigenvalue weighted by Gasteiger charge is -2.27. The standard InChI is InChI=1S/C18H16ClN3/c19-17-8-4-5-9-18(17)21-22(15-6-2-1-3-7-15)16-12-10-14(20)11-13-16/h1-13,21H,20H2. The van der Waals surface area contributed by atoms with Crippen molar-refractivity contribution in [3.63, 3.8) is 0 Å². The van der Waals surface area contributed by atoms with Crippen molar-refractivity contribution in [3.8, 4) is 0 Å². The van der Waals surface area contributed by atoms with Crippen molar-refractivity contribution in [1.82, 2.24) is 0 Å². The predicted molar refractivity (Wildman–Crippen MR) is 94.5 cm³/mol. The fourth-order valence-corrected chi connectivity index (χ4v) is 2.33. The molecule has 0 aromatic heterocycles. The normalized spacial score (nSPS) is 10.2. The minimum atomic E-state index is 0.666. The Morgan fingerprint density at radius 1 is 0.727 bits per heavy atom. The van der Waals surface area contributed by atoms with Crippen LogP contribution in [-0.2, 0) is 0 Å². The number of hydrogen-bond donors (Lipinski definition) is 2. The van der Waals surface area contributed by atoms with Crippen LogP contribution in [0.25, 0.3) is 0 Å². The minimum absolute atomic E-state index is 0.666. The third-order valence-corrected chi connectivity index (χ3v) is 3.60. The van der Waals surface area contributed by atoms with E-state index in [0.717, 1.165) is 22.7 Å². The molecule has 0 fully saturated rings. The van der Waals surface area contributed by atoms with Gasteiger partial charge < -0.3 is 5.73 Å². The Kier molecular flexibility index (Phi) is 4.17. The van der Waals surface area contributed by atoms with E-state index in [0.29, 0.717) is 5.02 Å². The molecular formula is C18H16ClN3. The third kappa shape index (κ3) is 3.15. The van der Waals surface area contributed by atoms with Crippen molar-refractivity contribution in [2.45, 2.75) is 0 Å². The summed E-state index contributed by atoms with van der Waals surface area (Å²) in [7, 11) is 0. The van der Waals surface area contributed by atoms with Crippen LogP contribution in [-0.4, -0.2) is 0 Å². The van der Waals surface area contributed by atoms with Gasteiger partial charge in [-0.05, 0) is 48.5 Å². The third-order valence-electron chi connectivity index (χ3n) is 3.27. The van der Waals surface area contributed by atoms with E-state index in [-0.39, 0.29) is 0 Å². The lowest BCUT2D eigenvalue weighted by molar-refractivity contribution is 1.16. The molecule has 3 aromatic carbocycles. The molecule has 3 nitrogen and oxygen atoms in total. The van der Waals surface area contributed by atoms with E-state index in [2.05, 4.69) is 5.43 Å². The molecule has 0 aliphatic heterocycles. The molecule has 0 bridgehead atoms. The molecule has 3 N–H and O–H groups in total. The molecule has 0 atom stereocenters. The van der Waals surface area contributed by atoms with E-state index in [1.807, 2.05) is 83.9 Å². The SMILES string of the molecule is Nc1ccc(N(Nc2ccccc2Cl)c2ccccc2)cc1. The van der Waals surface area contributed by atoms with Gasteiger partial charge in [0.05, 0.1) is 22.1 Å². The van der Waals surface area contributed by atoms with E-state index in [1.54, 1.807) is 0 Å². The number of benzene rings is 3. The van der Waals surface area contributed by atoms with E-state index in [4.69, 9.17) is 17.3 Å². The Bertz CT molecular complexity index is 742. The van der Waals surface area contributed by atoms with Crippen LogP contribution in [0.2, 0.25) is 5.02 Å². The molecule has 0 spiro atoms. The Morgan fingerprint density at radius 3 is 2.00 bits per heavy atom. The smallest absolute Gasteiger partial charge is 0.0732 e. The molecule has 0 aliphatic carbocycles. The van der Waals surface area contributed by atoms with Crippen LogP contribution in [0.3, 0.4) is 0 Å². The maximum absolute atomic E-state index is 6.26. The molecule has 0 saturated heterocycles. The van der Waals surface area contributed by atoms with Crippen LogP contribution in [0.15, 0.2) is 78.9 Å². The van der Waals surface area contributed by atoms with Gasteiger partial charge in [-0.15, -0.1) is 0 Å². The maximum Gasteiger partial charge on any atom is 0.0732 e. The van der Waals surface area contributed by atoms with Crippen molar-refractivity contribution < 1.29 is 0 Å². The molecule has 0 radical (unpaired) electrons. The van der Waals surface area contributed by atoms with Crippen molar-refractivity contribution in [2.75, 3.05) is 16.2 Å². The van der Waals surface area contributed by atoms with Crippen molar-refractivity contribution in [3.05, 3.63) is 83.9 Å². The van der Waals surface area contributed by atoms with Gasteiger partial charge in [0.15, 0.2) is 0 Å². The largest absolute Gasteiger partial charge is 0.399 e. The highest BCUT2D eigenvalue weighted by molar-refractivity contribution is 6.33. The van der Waals surface area contributed by atoms with Crippen molar-refractivity contribution in [1.29, 1.82) is 0 Å². The number of nitrogens with two attached hydrogens (primary N) is 1. The van der Waals surface area contributed by atoms with Gasteiger partial charge >= 0.3 is 0 Å². The zero-order valence-corrected chi connectivity index (χ0v) is 12.7. The van der Waals surface area contributed by atoms with Crippen LogP contribution in [0.5, 0.6) is 0 Å². The first-order chi connectivity index (χ1) is 10.7. The van der Waals surface area contributed by atoms with Crippen molar-refractivity contribution >= 4 is 34.4 Å². The van der Waals surface area contributed by atoms with Gasteiger partial charge in [0.1, 0.15) is 0 Å². The summed E-state index contributed by atoms with van der Waals surface area (Å²) in [4.78, 5) is 0. The highest BCUT2D eigenvalue weighted by atomic mass is 35.5. The summed E-state index contributed by atoms with van der Waals surface area (Å²) in [5.41, 5.74) is 12.7. The molecule has 0 aliphatic rings. The van der Waals surface area contributed by atoms with Gasteiger partial charge in [-0.2, -0.15) is 0 Å². The van der Waals surface area contributed by atoms with E-state index < -0.39 is 0 Å². The number of nitrogen functional groups attached to an aromatic ring is 1. The number of halogens is 1. The number of nitrogens with one attached hydrogen (secondary N) is 1. The van der Waals surface area contributed by atoms with Gasteiger partial charge in [0.2, 0.25) is 0 Å². The molecule has 0 heterocycles. The van der Waals surface area contributed by atoms with Crippen LogP contribution in [0.4, 0.5) is 22.7 Å². The van der Waals surface area contributed by atoms with Crippen LogP contribution in [0, 0.1) is 0 Å². The summed E-state index contributed by atoms with van der Waals surface area (Å²) < 4.78 is 0. The second-order valence-corrected chi connectivity index (χ2v) is 5.26.